The minimum absolute atomic E-state index is 0.0219. The Kier molecular flexibility index (Phi) is 8.68. The number of nitrogens with one attached hydrogen (secondary N) is 2. The van der Waals surface area contributed by atoms with Crippen molar-refractivity contribution in [3.05, 3.63) is 81.3 Å². The minimum Gasteiger partial charge on any atom is -0.507 e. The predicted molar refractivity (Wildman–Crippen MR) is 127 cm³/mol. The first-order valence-electron chi connectivity index (χ1n) is 10.3. The Hall–Kier alpha value is -3.89. The molecule has 0 aliphatic carbocycles. The summed E-state index contributed by atoms with van der Waals surface area (Å²) in [5.74, 6) is -5.18. The molecular formula is C24H18Cl2F2N2O6. The Labute approximate surface area is 213 Å². The topological polar surface area (TPSA) is 114 Å². The number of ether oxygens (including phenoxy) is 2. The predicted octanol–water partition coefficient (Wildman–Crippen LogP) is 5.20. The molecule has 3 N–H and O–H groups in total. The van der Waals surface area contributed by atoms with E-state index in [1.807, 2.05) is 0 Å². The quantitative estimate of drug-likeness (QED) is 0.281. The van der Waals surface area contributed by atoms with Crippen molar-refractivity contribution in [3.63, 3.8) is 0 Å². The lowest BCUT2D eigenvalue weighted by molar-refractivity contribution is -0.152. The zero-order valence-corrected chi connectivity index (χ0v) is 20.0. The number of phenols is 1. The summed E-state index contributed by atoms with van der Waals surface area (Å²) in [5.41, 5.74) is 0.252. The number of hydrogen-bond acceptors (Lipinski definition) is 6. The second-order valence-electron chi connectivity index (χ2n) is 7.16. The molecule has 2 amide bonds. The highest BCUT2D eigenvalue weighted by Gasteiger charge is 2.19. The molecule has 0 aromatic heterocycles. The van der Waals surface area contributed by atoms with E-state index >= 15 is 0 Å². The van der Waals surface area contributed by atoms with Gasteiger partial charge in [-0.25, -0.2) is 13.6 Å². The highest BCUT2D eigenvalue weighted by molar-refractivity contribution is 6.39. The van der Waals surface area contributed by atoms with Crippen LogP contribution in [-0.4, -0.2) is 29.5 Å². The van der Waals surface area contributed by atoms with Crippen LogP contribution in [-0.2, 0) is 20.9 Å². The minimum atomic E-state index is -1.08. The number of esters is 1. The van der Waals surface area contributed by atoms with Crippen LogP contribution in [0.4, 0.5) is 14.5 Å². The second-order valence-corrected chi connectivity index (χ2v) is 7.97. The monoisotopic (exact) mass is 538 g/mol. The van der Waals surface area contributed by atoms with Gasteiger partial charge in [0.05, 0.1) is 22.2 Å². The molecule has 0 atom stereocenters. The molecular weight excluding hydrogens is 521 g/mol. The fraction of sp³-hybridized carbons (Fsp3) is 0.125. The SMILES string of the molecule is CCOC(=O)C(=O)Nc1cc(Cl)c(Oc2ccc(O)c(C(=O)NCc3ccc(F)c(F)c3)c2)c(Cl)c1. The van der Waals surface area contributed by atoms with Crippen LogP contribution >= 0.6 is 23.2 Å². The number of benzene rings is 3. The summed E-state index contributed by atoms with van der Waals surface area (Å²) >= 11 is 12.4. The Morgan fingerprint density at radius 2 is 1.67 bits per heavy atom. The first kappa shape index (κ1) is 26.7. The van der Waals surface area contributed by atoms with Crippen LogP contribution in [0, 0.1) is 11.6 Å². The second kappa shape index (κ2) is 11.7. The fourth-order valence-electron chi connectivity index (χ4n) is 2.91. The molecule has 3 aromatic rings. The van der Waals surface area contributed by atoms with Crippen LogP contribution in [0.3, 0.4) is 0 Å². The molecule has 188 valence electrons. The maximum Gasteiger partial charge on any atom is 0.397 e. The van der Waals surface area contributed by atoms with E-state index < -0.39 is 29.4 Å². The van der Waals surface area contributed by atoms with Gasteiger partial charge in [0.2, 0.25) is 0 Å². The number of anilines is 1. The van der Waals surface area contributed by atoms with Crippen molar-refractivity contribution >= 4 is 46.7 Å². The molecule has 0 aliphatic rings. The van der Waals surface area contributed by atoms with Crippen molar-refractivity contribution in [1.29, 1.82) is 0 Å². The van der Waals surface area contributed by atoms with Crippen molar-refractivity contribution in [1.82, 2.24) is 5.32 Å². The van der Waals surface area contributed by atoms with Crippen LogP contribution in [0.15, 0.2) is 48.5 Å². The van der Waals surface area contributed by atoms with Crippen molar-refractivity contribution in [2.45, 2.75) is 13.5 Å². The van der Waals surface area contributed by atoms with Crippen molar-refractivity contribution < 1.29 is 37.7 Å². The molecule has 3 rings (SSSR count). The van der Waals surface area contributed by atoms with Crippen LogP contribution in [0.5, 0.6) is 17.2 Å². The van der Waals surface area contributed by atoms with Crippen LogP contribution in [0.2, 0.25) is 10.0 Å². The van der Waals surface area contributed by atoms with Gasteiger partial charge in [-0.05, 0) is 55.0 Å². The summed E-state index contributed by atoms with van der Waals surface area (Å²) in [7, 11) is 0. The molecule has 0 saturated carbocycles. The van der Waals surface area contributed by atoms with Gasteiger partial charge in [-0.3, -0.25) is 9.59 Å². The van der Waals surface area contributed by atoms with Gasteiger partial charge < -0.3 is 25.2 Å². The van der Waals surface area contributed by atoms with E-state index in [4.69, 9.17) is 27.9 Å². The smallest absolute Gasteiger partial charge is 0.397 e. The van der Waals surface area contributed by atoms with Gasteiger partial charge in [0, 0.05) is 12.2 Å². The molecule has 36 heavy (non-hydrogen) atoms. The van der Waals surface area contributed by atoms with Gasteiger partial charge in [0.25, 0.3) is 5.91 Å². The standard InChI is InChI=1S/C24H18Cl2F2N2O6/c1-2-35-24(34)23(33)30-13-8-16(25)21(17(26)9-13)36-14-4-6-20(31)15(10-14)22(32)29-11-12-3-5-18(27)19(28)7-12/h3-10,31H,2,11H2,1H3,(H,29,32)(H,30,33). The highest BCUT2D eigenvalue weighted by Crippen LogP contribution is 2.39. The van der Waals surface area contributed by atoms with Gasteiger partial charge in [-0.1, -0.05) is 29.3 Å². The lowest BCUT2D eigenvalue weighted by atomic mass is 10.1. The number of rotatable bonds is 7. The van der Waals surface area contributed by atoms with E-state index in [9.17, 15) is 28.3 Å². The average molecular weight is 539 g/mol. The molecule has 0 saturated heterocycles. The van der Waals surface area contributed by atoms with E-state index in [1.165, 1.54) is 36.4 Å². The first-order chi connectivity index (χ1) is 17.1. The molecule has 0 radical (unpaired) electrons. The number of amides is 2. The summed E-state index contributed by atoms with van der Waals surface area (Å²) in [4.78, 5) is 35.8. The number of carbonyl (C=O) groups is 3. The van der Waals surface area contributed by atoms with Crippen LogP contribution in [0.25, 0.3) is 0 Å². The molecule has 12 heteroatoms. The van der Waals surface area contributed by atoms with Gasteiger partial charge >= 0.3 is 11.9 Å². The molecule has 0 fully saturated rings. The van der Waals surface area contributed by atoms with E-state index in [0.29, 0.717) is 5.56 Å². The number of hydrogen-bond donors (Lipinski definition) is 3. The van der Waals surface area contributed by atoms with E-state index in [1.54, 1.807) is 6.92 Å². The van der Waals surface area contributed by atoms with Gasteiger partial charge in [-0.15, -0.1) is 0 Å². The van der Waals surface area contributed by atoms with Gasteiger partial charge in [0.1, 0.15) is 11.5 Å². The van der Waals surface area contributed by atoms with E-state index in [2.05, 4.69) is 15.4 Å². The van der Waals surface area contributed by atoms with Gasteiger partial charge in [0.15, 0.2) is 17.4 Å². The van der Waals surface area contributed by atoms with E-state index in [0.717, 1.165) is 12.1 Å². The number of phenolic OH excluding ortho intramolecular Hbond substituents is 1. The molecule has 0 heterocycles. The molecule has 0 aliphatic heterocycles. The molecule has 0 unspecified atom stereocenters. The lowest BCUT2D eigenvalue weighted by Crippen LogP contribution is -2.24. The summed E-state index contributed by atoms with van der Waals surface area (Å²) in [5, 5.41) is 14.8. The molecule has 0 spiro atoms. The Morgan fingerprint density at radius 3 is 2.31 bits per heavy atom. The normalized spacial score (nSPS) is 10.5. The first-order valence-corrected chi connectivity index (χ1v) is 11.0. The number of carbonyl (C=O) groups excluding carboxylic acids is 3. The van der Waals surface area contributed by atoms with E-state index in [-0.39, 0.29) is 51.7 Å². The number of aromatic hydroxyl groups is 1. The average Bonchev–Trinajstić information content (AvgIpc) is 2.83. The highest BCUT2D eigenvalue weighted by atomic mass is 35.5. The third-order valence-corrected chi connectivity index (χ3v) is 5.15. The Bertz CT molecular complexity index is 1310. The Balaban J connectivity index is 1.74. The van der Waals surface area contributed by atoms with Crippen LogP contribution < -0.4 is 15.4 Å². The largest absolute Gasteiger partial charge is 0.507 e. The molecule has 8 nitrogen and oxygen atoms in total. The van der Waals surface area contributed by atoms with Crippen molar-refractivity contribution in [2.75, 3.05) is 11.9 Å². The third-order valence-electron chi connectivity index (χ3n) is 4.59. The Morgan fingerprint density at radius 1 is 0.972 bits per heavy atom. The summed E-state index contributed by atoms with van der Waals surface area (Å²) in [6.07, 6.45) is 0. The lowest BCUT2D eigenvalue weighted by Gasteiger charge is -2.13. The fourth-order valence-corrected chi connectivity index (χ4v) is 3.48. The summed E-state index contributed by atoms with van der Waals surface area (Å²) in [6.45, 7) is 1.45. The van der Waals surface area contributed by atoms with Crippen molar-refractivity contribution in [2.24, 2.45) is 0 Å². The maximum absolute atomic E-state index is 13.4. The number of halogens is 4. The third kappa shape index (κ3) is 6.61. The van der Waals surface area contributed by atoms with Gasteiger partial charge in [-0.2, -0.15) is 0 Å². The zero-order valence-electron chi connectivity index (χ0n) is 18.5. The molecule has 0 bridgehead atoms. The zero-order chi connectivity index (χ0) is 26.4. The maximum atomic E-state index is 13.4. The summed E-state index contributed by atoms with van der Waals surface area (Å²) < 4.78 is 36.7. The van der Waals surface area contributed by atoms with Crippen LogP contribution in [0.1, 0.15) is 22.8 Å². The van der Waals surface area contributed by atoms with Crippen molar-refractivity contribution in [3.8, 4) is 17.2 Å². The summed E-state index contributed by atoms with van der Waals surface area (Å²) in [6, 6.07) is 9.54. The molecule has 3 aromatic carbocycles.